The molecule has 0 bridgehead atoms. The van der Waals surface area contributed by atoms with E-state index in [9.17, 15) is 5.11 Å². The van der Waals surface area contributed by atoms with E-state index in [-0.39, 0.29) is 0 Å². The van der Waals surface area contributed by atoms with E-state index in [4.69, 9.17) is 0 Å². The van der Waals surface area contributed by atoms with Gasteiger partial charge in [-0.2, -0.15) is 5.10 Å². The van der Waals surface area contributed by atoms with E-state index in [1.165, 1.54) is 0 Å². The number of aliphatic hydroxyl groups excluding tert-OH is 1. The van der Waals surface area contributed by atoms with Crippen LogP contribution in [0.4, 0.5) is 5.82 Å². The second-order valence-electron chi connectivity index (χ2n) is 4.16. The number of anilines is 1. The molecule has 96 valence electrons. The molecule has 2 rings (SSSR count). The summed E-state index contributed by atoms with van der Waals surface area (Å²) in [5.74, 6) is 0.749. The highest BCUT2D eigenvalue weighted by molar-refractivity contribution is 9.10. The van der Waals surface area contributed by atoms with Gasteiger partial charge in [-0.25, -0.2) is 4.98 Å². The Kier molecular flexibility index (Phi) is 3.98. The van der Waals surface area contributed by atoms with Gasteiger partial charge in [-0.05, 0) is 34.5 Å². The number of hydrogen-bond acceptors (Lipinski definition) is 4. The van der Waals surface area contributed by atoms with Crippen molar-refractivity contribution in [2.24, 2.45) is 7.05 Å². The standard InChI is InChI=1S/C12H15BrN4O/c1-8-3-12(14-5-10(8)13)15-6-11(18)9-4-16-17(2)7-9/h3-5,7,11,18H,6H2,1-2H3,(H,14,15). The number of hydrogen-bond donors (Lipinski definition) is 2. The van der Waals surface area contributed by atoms with E-state index < -0.39 is 6.10 Å². The van der Waals surface area contributed by atoms with Crippen molar-refractivity contribution in [1.82, 2.24) is 14.8 Å². The molecule has 2 aromatic rings. The molecule has 0 aliphatic rings. The minimum atomic E-state index is -0.593. The lowest BCUT2D eigenvalue weighted by molar-refractivity contribution is 0.191. The lowest BCUT2D eigenvalue weighted by Crippen LogP contribution is -2.12. The zero-order valence-corrected chi connectivity index (χ0v) is 11.8. The Morgan fingerprint density at radius 1 is 1.50 bits per heavy atom. The molecule has 2 N–H and O–H groups in total. The number of rotatable bonds is 4. The van der Waals surface area contributed by atoms with Crippen LogP contribution in [0.25, 0.3) is 0 Å². The third-order valence-electron chi connectivity index (χ3n) is 2.63. The van der Waals surface area contributed by atoms with E-state index in [1.807, 2.05) is 20.0 Å². The molecule has 0 aliphatic carbocycles. The molecule has 18 heavy (non-hydrogen) atoms. The van der Waals surface area contributed by atoms with E-state index in [0.717, 1.165) is 21.4 Å². The Morgan fingerprint density at radius 3 is 2.89 bits per heavy atom. The van der Waals surface area contributed by atoms with Gasteiger partial charge in [0.15, 0.2) is 0 Å². The molecule has 2 aromatic heterocycles. The third kappa shape index (κ3) is 3.08. The monoisotopic (exact) mass is 310 g/mol. The SMILES string of the molecule is Cc1cc(NCC(O)c2cnn(C)c2)ncc1Br. The third-order valence-corrected chi connectivity index (χ3v) is 3.46. The minimum absolute atomic E-state index is 0.403. The Bertz CT molecular complexity index is 541. The molecule has 0 aromatic carbocycles. The van der Waals surface area contributed by atoms with Gasteiger partial charge in [0.05, 0.1) is 12.3 Å². The van der Waals surface area contributed by atoms with Crippen molar-refractivity contribution in [3.05, 3.63) is 40.3 Å². The first-order chi connectivity index (χ1) is 8.56. The average Bonchev–Trinajstić information content (AvgIpc) is 2.77. The van der Waals surface area contributed by atoms with Crippen LogP contribution in [-0.4, -0.2) is 26.4 Å². The molecule has 1 unspecified atom stereocenters. The maximum atomic E-state index is 9.97. The summed E-state index contributed by atoms with van der Waals surface area (Å²) in [6.07, 6.45) is 4.61. The van der Waals surface area contributed by atoms with Gasteiger partial charge in [-0.1, -0.05) is 0 Å². The van der Waals surface area contributed by atoms with Crippen LogP contribution in [0.3, 0.4) is 0 Å². The highest BCUT2D eigenvalue weighted by Crippen LogP contribution is 2.18. The van der Waals surface area contributed by atoms with Crippen molar-refractivity contribution in [3.63, 3.8) is 0 Å². The van der Waals surface area contributed by atoms with Crippen LogP contribution in [-0.2, 0) is 7.05 Å². The van der Waals surface area contributed by atoms with Crippen molar-refractivity contribution < 1.29 is 5.11 Å². The molecule has 0 aliphatic heterocycles. The summed E-state index contributed by atoms with van der Waals surface area (Å²) in [5.41, 5.74) is 1.89. The fraction of sp³-hybridized carbons (Fsp3) is 0.333. The van der Waals surface area contributed by atoms with Crippen LogP contribution in [0.1, 0.15) is 17.2 Å². The van der Waals surface area contributed by atoms with Crippen LogP contribution in [0.2, 0.25) is 0 Å². The Morgan fingerprint density at radius 2 is 2.28 bits per heavy atom. The topological polar surface area (TPSA) is 63.0 Å². The first kappa shape index (κ1) is 13.0. The molecule has 0 radical (unpaired) electrons. The second-order valence-corrected chi connectivity index (χ2v) is 5.02. The highest BCUT2D eigenvalue weighted by Gasteiger charge is 2.09. The van der Waals surface area contributed by atoms with Crippen LogP contribution in [0.5, 0.6) is 0 Å². The Labute approximate surface area is 114 Å². The molecular weight excluding hydrogens is 296 g/mol. The lowest BCUT2D eigenvalue weighted by atomic mass is 10.2. The van der Waals surface area contributed by atoms with Gasteiger partial charge in [0.2, 0.25) is 0 Å². The quantitative estimate of drug-likeness (QED) is 0.907. The molecule has 5 nitrogen and oxygen atoms in total. The smallest absolute Gasteiger partial charge is 0.126 e. The van der Waals surface area contributed by atoms with Gasteiger partial charge in [0, 0.05) is 36.0 Å². The number of nitrogens with one attached hydrogen (secondary N) is 1. The van der Waals surface area contributed by atoms with Crippen molar-refractivity contribution >= 4 is 21.7 Å². The molecule has 1 atom stereocenters. The van der Waals surface area contributed by atoms with E-state index >= 15 is 0 Å². The molecule has 0 amide bonds. The van der Waals surface area contributed by atoms with Crippen molar-refractivity contribution in [2.75, 3.05) is 11.9 Å². The van der Waals surface area contributed by atoms with Gasteiger partial charge < -0.3 is 10.4 Å². The van der Waals surface area contributed by atoms with Crippen LogP contribution >= 0.6 is 15.9 Å². The summed E-state index contributed by atoms with van der Waals surface area (Å²) >= 11 is 3.40. The number of aryl methyl sites for hydroxylation is 2. The van der Waals surface area contributed by atoms with E-state index in [2.05, 4.69) is 31.3 Å². The number of nitrogens with zero attached hydrogens (tertiary/aromatic N) is 3. The summed E-state index contributed by atoms with van der Waals surface area (Å²) in [6, 6.07) is 1.93. The maximum absolute atomic E-state index is 9.97. The summed E-state index contributed by atoms with van der Waals surface area (Å²) in [5, 5.41) is 17.1. The Hall–Kier alpha value is -1.40. The minimum Gasteiger partial charge on any atom is -0.386 e. The molecule has 0 fully saturated rings. The molecule has 0 spiro atoms. The fourth-order valence-corrected chi connectivity index (χ4v) is 1.78. The zero-order chi connectivity index (χ0) is 13.1. The van der Waals surface area contributed by atoms with Crippen molar-refractivity contribution in [3.8, 4) is 0 Å². The predicted molar refractivity (Wildman–Crippen MR) is 73.3 cm³/mol. The predicted octanol–water partition coefficient (Wildman–Crippen LogP) is 2.03. The molecule has 0 saturated carbocycles. The largest absolute Gasteiger partial charge is 0.386 e. The van der Waals surface area contributed by atoms with Crippen LogP contribution in [0.15, 0.2) is 29.1 Å². The maximum Gasteiger partial charge on any atom is 0.126 e. The molecular formula is C12H15BrN4O. The zero-order valence-electron chi connectivity index (χ0n) is 10.3. The van der Waals surface area contributed by atoms with Gasteiger partial charge in [-0.3, -0.25) is 4.68 Å². The van der Waals surface area contributed by atoms with Gasteiger partial charge in [0.1, 0.15) is 5.82 Å². The van der Waals surface area contributed by atoms with E-state index in [1.54, 1.807) is 23.3 Å². The summed E-state index contributed by atoms with van der Waals surface area (Å²) in [7, 11) is 1.82. The number of aliphatic hydroxyl groups is 1. The van der Waals surface area contributed by atoms with Gasteiger partial charge >= 0.3 is 0 Å². The summed E-state index contributed by atoms with van der Waals surface area (Å²) in [6.45, 7) is 2.40. The normalized spacial score (nSPS) is 12.4. The highest BCUT2D eigenvalue weighted by atomic mass is 79.9. The average molecular weight is 311 g/mol. The van der Waals surface area contributed by atoms with Crippen molar-refractivity contribution in [1.29, 1.82) is 0 Å². The molecule has 2 heterocycles. The fourth-order valence-electron chi connectivity index (χ4n) is 1.57. The van der Waals surface area contributed by atoms with Crippen molar-refractivity contribution in [2.45, 2.75) is 13.0 Å². The first-order valence-corrected chi connectivity index (χ1v) is 6.38. The Balaban J connectivity index is 1.97. The molecule has 0 saturated heterocycles. The van der Waals surface area contributed by atoms with Gasteiger partial charge in [0.25, 0.3) is 0 Å². The summed E-state index contributed by atoms with van der Waals surface area (Å²) in [4.78, 5) is 4.22. The van der Waals surface area contributed by atoms with E-state index in [0.29, 0.717) is 6.54 Å². The van der Waals surface area contributed by atoms with Crippen LogP contribution < -0.4 is 5.32 Å². The number of pyridine rings is 1. The first-order valence-electron chi connectivity index (χ1n) is 5.59. The number of aromatic nitrogens is 3. The molecule has 6 heteroatoms. The van der Waals surface area contributed by atoms with Gasteiger partial charge in [-0.15, -0.1) is 0 Å². The van der Waals surface area contributed by atoms with Crippen LogP contribution in [0, 0.1) is 6.92 Å². The lowest BCUT2D eigenvalue weighted by Gasteiger charge is -2.11. The number of halogens is 1. The summed E-state index contributed by atoms with van der Waals surface area (Å²) < 4.78 is 2.64. The second kappa shape index (κ2) is 5.49.